The van der Waals surface area contributed by atoms with Gasteiger partial charge in [-0.1, -0.05) is 6.07 Å². The molecule has 158 valence electrons. The van der Waals surface area contributed by atoms with Crippen molar-refractivity contribution < 1.29 is 19.1 Å². The Labute approximate surface area is 185 Å². The van der Waals surface area contributed by atoms with Gasteiger partial charge in [0.15, 0.2) is 5.13 Å². The summed E-state index contributed by atoms with van der Waals surface area (Å²) in [5, 5.41) is 18.4. The molecule has 2 heterocycles. The highest BCUT2D eigenvalue weighted by atomic mass is 35.5. The van der Waals surface area contributed by atoms with Crippen LogP contribution in [-0.2, 0) is 24.2 Å². The second kappa shape index (κ2) is 10.5. The van der Waals surface area contributed by atoms with Crippen LogP contribution in [-0.4, -0.2) is 22.7 Å². The van der Waals surface area contributed by atoms with E-state index in [1.165, 1.54) is 23.5 Å². The molecule has 0 saturated carbocycles. The molecule has 0 saturated heterocycles. The minimum Gasteiger partial charge on any atom is -0.550 e. The van der Waals surface area contributed by atoms with Crippen LogP contribution in [0.4, 0.5) is 15.2 Å². The fourth-order valence-electron chi connectivity index (χ4n) is 2.72. The summed E-state index contributed by atoms with van der Waals surface area (Å²) < 4.78 is 13.6. The predicted octanol–water partition coefficient (Wildman–Crippen LogP) is 3.67. The van der Waals surface area contributed by atoms with E-state index < -0.39 is 5.97 Å². The van der Waals surface area contributed by atoms with Crippen LogP contribution in [0.3, 0.4) is 0 Å². The van der Waals surface area contributed by atoms with Gasteiger partial charge in [-0.05, 0) is 42.7 Å². The standard InChI is InChI=1S/C20H19ClFN3O3S2/c21-7-1-2-12-3-4-13(22)8-16(12)23-10-15-5-6-17(30-15)19(28)25-20-24-14(11-29-20)9-18(26)27/h3-6,8,11,23H,1-2,7,9-10H2,(H,26,27)(H,24,25,28)/p-1. The van der Waals surface area contributed by atoms with Gasteiger partial charge in [0.25, 0.3) is 5.91 Å². The number of rotatable bonds is 10. The summed E-state index contributed by atoms with van der Waals surface area (Å²) >= 11 is 8.22. The van der Waals surface area contributed by atoms with Gasteiger partial charge in [0.2, 0.25) is 0 Å². The minimum absolute atomic E-state index is 0.297. The second-order valence-corrected chi connectivity index (χ2v) is 8.76. The number of benzene rings is 1. The lowest BCUT2D eigenvalue weighted by molar-refractivity contribution is -0.304. The monoisotopic (exact) mass is 466 g/mol. The topological polar surface area (TPSA) is 94.1 Å². The zero-order chi connectivity index (χ0) is 21.5. The first-order chi connectivity index (χ1) is 14.4. The second-order valence-electron chi connectivity index (χ2n) is 6.36. The highest BCUT2D eigenvalue weighted by molar-refractivity contribution is 7.15. The third kappa shape index (κ3) is 6.25. The van der Waals surface area contributed by atoms with Gasteiger partial charge in [-0.25, -0.2) is 9.37 Å². The summed E-state index contributed by atoms with van der Waals surface area (Å²) in [5.74, 6) is -1.33. The molecule has 0 aliphatic rings. The number of carboxylic acids is 1. The quantitative estimate of drug-likeness (QED) is 0.444. The number of carbonyl (C=O) groups is 2. The lowest BCUT2D eigenvalue weighted by Gasteiger charge is -2.11. The highest BCUT2D eigenvalue weighted by Gasteiger charge is 2.13. The SMILES string of the molecule is O=C([O-])Cc1csc(NC(=O)c2ccc(CNc3cc(F)ccc3CCCCl)s2)n1. The van der Waals surface area contributed by atoms with Crippen molar-refractivity contribution in [2.24, 2.45) is 0 Å². The molecule has 3 rings (SSSR count). The number of hydrogen-bond donors (Lipinski definition) is 2. The lowest BCUT2D eigenvalue weighted by Crippen LogP contribution is -2.24. The molecule has 0 unspecified atom stereocenters. The Bertz CT molecular complexity index is 1040. The number of halogens is 2. The van der Waals surface area contributed by atoms with Crippen molar-refractivity contribution >= 4 is 57.0 Å². The number of anilines is 2. The smallest absolute Gasteiger partial charge is 0.267 e. The molecule has 30 heavy (non-hydrogen) atoms. The predicted molar refractivity (Wildman–Crippen MR) is 116 cm³/mol. The lowest BCUT2D eigenvalue weighted by atomic mass is 10.1. The van der Waals surface area contributed by atoms with E-state index in [1.54, 1.807) is 17.5 Å². The third-order valence-corrected chi connectivity index (χ3v) is 6.25. The summed E-state index contributed by atoms with van der Waals surface area (Å²) in [6, 6.07) is 8.16. The molecule has 0 spiro atoms. The van der Waals surface area contributed by atoms with Crippen molar-refractivity contribution in [2.45, 2.75) is 25.8 Å². The number of thiazole rings is 1. The molecule has 0 aliphatic carbocycles. The molecule has 2 N–H and O–H groups in total. The maximum Gasteiger partial charge on any atom is 0.267 e. The van der Waals surface area contributed by atoms with E-state index in [2.05, 4.69) is 15.6 Å². The van der Waals surface area contributed by atoms with E-state index in [0.29, 0.717) is 33.8 Å². The Morgan fingerprint density at radius 3 is 2.83 bits per heavy atom. The number of carboxylic acid groups (broad SMARTS) is 1. The number of amides is 1. The first-order valence-corrected chi connectivity index (χ1v) is 11.3. The van der Waals surface area contributed by atoms with Crippen LogP contribution in [0.15, 0.2) is 35.7 Å². The van der Waals surface area contributed by atoms with Gasteiger partial charge in [0.05, 0.1) is 10.6 Å². The summed E-state index contributed by atoms with van der Waals surface area (Å²) in [5.41, 5.74) is 2.04. The number of nitrogens with one attached hydrogen (secondary N) is 2. The Balaban J connectivity index is 1.60. The molecular weight excluding hydrogens is 449 g/mol. The Morgan fingerprint density at radius 2 is 2.07 bits per heavy atom. The van der Waals surface area contributed by atoms with E-state index in [1.807, 2.05) is 6.07 Å². The molecule has 0 bridgehead atoms. The molecule has 1 amide bonds. The number of aryl methyl sites for hydroxylation is 1. The zero-order valence-electron chi connectivity index (χ0n) is 15.7. The van der Waals surface area contributed by atoms with Gasteiger partial charge in [-0.3, -0.25) is 10.1 Å². The molecule has 10 heteroatoms. The van der Waals surface area contributed by atoms with E-state index in [-0.39, 0.29) is 18.1 Å². The van der Waals surface area contributed by atoms with E-state index in [9.17, 15) is 19.1 Å². The van der Waals surface area contributed by atoms with Crippen molar-refractivity contribution in [3.8, 4) is 0 Å². The Kier molecular flexibility index (Phi) is 7.78. The normalized spacial score (nSPS) is 10.7. The number of thiophene rings is 1. The van der Waals surface area contributed by atoms with Crippen molar-refractivity contribution in [1.29, 1.82) is 0 Å². The maximum absolute atomic E-state index is 13.6. The minimum atomic E-state index is -1.22. The van der Waals surface area contributed by atoms with Gasteiger partial charge in [-0.2, -0.15) is 0 Å². The van der Waals surface area contributed by atoms with Gasteiger partial charge in [0.1, 0.15) is 5.82 Å². The molecule has 0 aliphatic heterocycles. The Morgan fingerprint density at radius 1 is 1.23 bits per heavy atom. The van der Waals surface area contributed by atoms with Crippen molar-refractivity contribution in [3.63, 3.8) is 0 Å². The molecule has 1 aromatic carbocycles. The first kappa shape index (κ1) is 22.2. The number of nitrogens with zero attached hydrogens (tertiary/aromatic N) is 1. The third-order valence-electron chi connectivity index (χ3n) is 4.09. The van der Waals surface area contributed by atoms with Crippen LogP contribution in [0.2, 0.25) is 0 Å². The molecular formula is C20H18ClFN3O3S2-. The van der Waals surface area contributed by atoms with Crippen LogP contribution >= 0.6 is 34.3 Å². The fraction of sp³-hybridized carbons (Fsp3) is 0.250. The molecule has 0 radical (unpaired) electrons. The summed E-state index contributed by atoms with van der Waals surface area (Å²) in [4.78, 5) is 28.5. The number of hydrogen-bond acceptors (Lipinski definition) is 7. The van der Waals surface area contributed by atoms with Crippen LogP contribution in [0.5, 0.6) is 0 Å². The number of alkyl halides is 1. The maximum atomic E-state index is 13.6. The van der Waals surface area contributed by atoms with E-state index >= 15 is 0 Å². The fourth-order valence-corrected chi connectivity index (χ4v) is 4.40. The summed E-state index contributed by atoms with van der Waals surface area (Å²) in [7, 11) is 0. The number of aliphatic carboxylic acids is 1. The average molecular weight is 467 g/mol. The van der Waals surface area contributed by atoms with Crippen molar-refractivity contribution in [1.82, 2.24) is 4.98 Å². The first-order valence-electron chi connectivity index (χ1n) is 9.07. The molecule has 6 nitrogen and oxygen atoms in total. The number of carbonyl (C=O) groups excluding carboxylic acids is 2. The highest BCUT2D eigenvalue weighted by Crippen LogP contribution is 2.24. The Hall–Kier alpha value is -2.49. The van der Waals surface area contributed by atoms with Crippen LogP contribution in [0.25, 0.3) is 0 Å². The molecule has 0 fully saturated rings. The summed E-state index contributed by atoms with van der Waals surface area (Å²) in [6.45, 7) is 0.447. The molecule has 2 aromatic heterocycles. The van der Waals surface area contributed by atoms with Crippen molar-refractivity contribution in [3.05, 3.63) is 62.5 Å². The van der Waals surface area contributed by atoms with Gasteiger partial charge >= 0.3 is 0 Å². The van der Waals surface area contributed by atoms with Gasteiger partial charge in [-0.15, -0.1) is 34.3 Å². The average Bonchev–Trinajstić information content (AvgIpc) is 3.34. The molecule has 0 atom stereocenters. The summed E-state index contributed by atoms with van der Waals surface area (Å²) in [6.07, 6.45) is 1.25. The van der Waals surface area contributed by atoms with Gasteiger partial charge in [0, 0.05) is 40.8 Å². The molecule has 3 aromatic rings. The van der Waals surface area contributed by atoms with Crippen LogP contribution in [0, 0.1) is 5.82 Å². The van der Waals surface area contributed by atoms with Gasteiger partial charge < -0.3 is 15.2 Å². The van der Waals surface area contributed by atoms with E-state index in [0.717, 1.165) is 34.6 Å². The number of aromatic nitrogens is 1. The van der Waals surface area contributed by atoms with E-state index in [4.69, 9.17) is 11.6 Å². The van der Waals surface area contributed by atoms with Crippen molar-refractivity contribution in [2.75, 3.05) is 16.5 Å². The largest absolute Gasteiger partial charge is 0.550 e. The van der Waals surface area contributed by atoms with Crippen LogP contribution in [0.1, 0.15) is 32.2 Å². The zero-order valence-corrected chi connectivity index (χ0v) is 18.1. The van der Waals surface area contributed by atoms with Crippen LogP contribution < -0.4 is 15.7 Å².